The van der Waals surface area contributed by atoms with E-state index in [0.29, 0.717) is 12.3 Å². The molecule has 3 N–H and O–H groups in total. The molecule has 0 fully saturated rings. The lowest BCUT2D eigenvalue weighted by Gasteiger charge is -2.17. The minimum atomic E-state index is -0.473. The Kier molecular flexibility index (Phi) is 6.54. The number of nitrogens with one attached hydrogen (secondary N) is 1. The first kappa shape index (κ1) is 19.6. The molecule has 0 radical (unpaired) electrons. The molecule has 0 saturated heterocycles. The van der Waals surface area contributed by atoms with Gasteiger partial charge in [0.15, 0.2) is 0 Å². The zero-order valence-electron chi connectivity index (χ0n) is 12.4. The fourth-order valence-corrected chi connectivity index (χ4v) is 1.65. The summed E-state index contributed by atoms with van der Waals surface area (Å²) in [6.07, 6.45) is 0. The van der Waals surface area contributed by atoms with E-state index in [0.717, 1.165) is 11.4 Å². The predicted molar refractivity (Wildman–Crippen MR) is 85.4 cm³/mol. The molecule has 0 aliphatic carbocycles. The molecule has 2 aromatic rings. The zero-order valence-corrected chi connectivity index (χ0v) is 14.0. The number of amides is 1. The Hall–Kier alpha value is -1.44. The number of carbonyl (C=O) groups is 1. The highest BCUT2D eigenvalue weighted by Gasteiger charge is 2.17. The Morgan fingerprint density at radius 2 is 1.95 bits per heavy atom. The van der Waals surface area contributed by atoms with Crippen molar-refractivity contribution in [2.24, 2.45) is 5.73 Å². The SMILES string of the molecule is Cc1cc(C)n2nc(C(=O)NCC(C)(C)N)nc2n1.Cl.Cl. The summed E-state index contributed by atoms with van der Waals surface area (Å²) in [5.41, 5.74) is 7.06. The van der Waals surface area contributed by atoms with E-state index in [1.54, 1.807) is 4.52 Å². The molecule has 0 aromatic carbocycles. The van der Waals surface area contributed by atoms with E-state index in [1.807, 2.05) is 33.8 Å². The smallest absolute Gasteiger partial charge is 0.291 e. The molecule has 0 aliphatic rings. The fraction of sp³-hybridized carbons (Fsp3) is 0.500. The standard InChI is InChI=1S/C12H18N6O.2ClH/c1-7-5-8(2)18-11(15-7)16-9(17-18)10(19)14-6-12(3,4)13;;/h5H,6,13H2,1-4H3,(H,14,19);2*1H. The maximum Gasteiger partial charge on any atom is 0.291 e. The molecule has 2 heterocycles. The molecule has 0 unspecified atom stereocenters. The molecule has 1 amide bonds. The van der Waals surface area contributed by atoms with Crippen LogP contribution in [-0.4, -0.2) is 37.6 Å². The Bertz CT molecular complexity index is 634. The van der Waals surface area contributed by atoms with Crippen LogP contribution in [0.1, 0.15) is 35.9 Å². The van der Waals surface area contributed by atoms with Crippen LogP contribution in [0.15, 0.2) is 6.07 Å². The maximum absolute atomic E-state index is 11.9. The van der Waals surface area contributed by atoms with E-state index in [1.165, 1.54) is 0 Å². The Balaban J connectivity index is 0.00000200. The summed E-state index contributed by atoms with van der Waals surface area (Å²) in [4.78, 5) is 20.3. The Labute approximate surface area is 135 Å². The first-order valence-corrected chi connectivity index (χ1v) is 6.04. The number of hydrogen-bond acceptors (Lipinski definition) is 5. The average molecular weight is 335 g/mol. The molecule has 0 spiro atoms. The fourth-order valence-electron chi connectivity index (χ4n) is 1.65. The molecule has 7 nitrogen and oxygen atoms in total. The van der Waals surface area contributed by atoms with Crippen LogP contribution < -0.4 is 11.1 Å². The minimum absolute atomic E-state index is 0. The molecule has 0 aliphatic heterocycles. The van der Waals surface area contributed by atoms with Crippen molar-refractivity contribution in [3.05, 3.63) is 23.3 Å². The lowest BCUT2D eigenvalue weighted by Crippen LogP contribution is -2.45. The number of rotatable bonds is 3. The summed E-state index contributed by atoms with van der Waals surface area (Å²) in [6, 6.07) is 1.88. The van der Waals surface area contributed by atoms with Crippen LogP contribution in [-0.2, 0) is 0 Å². The van der Waals surface area contributed by atoms with Gasteiger partial charge in [0.2, 0.25) is 5.82 Å². The second-order valence-electron chi connectivity index (χ2n) is 5.36. The van der Waals surface area contributed by atoms with Crippen molar-refractivity contribution < 1.29 is 4.79 Å². The van der Waals surface area contributed by atoms with Crippen LogP contribution in [0.5, 0.6) is 0 Å². The highest BCUT2D eigenvalue weighted by atomic mass is 35.5. The summed E-state index contributed by atoms with van der Waals surface area (Å²) in [5, 5.41) is 6.85. The molecular formula is C12H20Cl2N6O. The Morgan fingerprint density at radius 3 is 2.52 bits per heavy atom. The molecule has 118 valence electrons. The molecule has 21 heavy (non-hydrogen) atoms. The van der Waals surface area contributed by atoms with Gasteiger partial charge in [-0.25, -0.2) is 9.50 Å². The van der Waals surface area contributed by atoms with Crippen molar-refractivity contribution in [2.75, 3.05) is 6.54 Å². The minimum Gasteiger partial charge on any atom is -0.347 e. The van der Waals surface area contributed by atoms with Gasteiger partial charge in [-0.15, -0.1) is 29.9 Å². The lowest BCUT2D eigenvalue weighted by molar-refractivity contribution is 0.0936. The first-order chi connectivity index (χ1) is 8.76. The largest absolute Gasteiger partial charge is 0.347 e. The maximum atomic E-state index is 11.9. The molecule has 2 aromatic heterocycles. The van der Waals surface area contributed by atoms with Gasteiger partial charge in [-0.1, -0.05) is 0 Å². The van der Waals surface area contributed by atoms with Crippen LogP contribution in [0, 0.1) is 13.8 Å². The topological polar surface area (TPSA) is 98.2 Å². The average Bonchev–Trinajstić information content (AvgIpc) is 2.68. The summed E-state index contributed by atoms with van der Waals surface area (Å²) in [7, 11) is 0. The summed E-state index contributed by atoms with van der Waals surface area (Å²) in [5.74, 6) is 0.182. The quantitative estimate of drug-likeness (QED) is 0.874. The first-order valence-electron chi connectivity index (χ1n) is 6.04. The molecular weight excluding hydrogens is 315 g/mol. The van der Waals surface area contributed by atoms with E-state index < -0.39 is 5.54 Å². The van der Waals surface area contributed by atoms with Crippen LogP contribution in [0.4, 0.5) is 0 Å². The predicted octanol–water partition coefficient (Wildman–Crippen LogP) is 1.05. The lowest BCUT2D eigenvalue weighted by atomic mass is 10.1. The monoisotopic (exact) mass is 334 g/mol. The van der Waals surface area contributed by atoms with Gasteiger partial charge < -0.3 is 11.1 Å². The van der Waals surface area contributed by atoms with Gasteiger partial charge in [0.25, 0.3) is 11.7 Å². The number of nitrogens with two attached hydrogens (primary N) is 1. The van der Waals surface area contributed by atoms with E-state index in [-0.39, 0.29) is 36.5 Å². The zero-order chi connectivity index (χ0) is 14.2. The second kappa shape index (κ2) is 7.02. The highest BCUT2D eigenvalue weighted by Crippen LogP contribution is 2.05. The van der Waals surface area contributed by atoms with Crippen LogP contribution in [0.25, 0.3) is 5.78 Å². The van der Waals surface area contributed by atoms with E-state index in [2.05, 4.69) is 20.4 Å². The van der Waals surface area contributed by atoms with Crippen molar-refractivity contribution in [1.29, 1.82) is 0 Å². The number of hydrogen-bond donors (Lipinski definition) is 2. The Morgan fingerprint density at radius 1 is 1.33 bits per heavy atom. The van der Waals surface area contributed by atoms with Crippen LogP contribution >= 0.6 is 24.8 Å². The van der Waals surface area contributed by atoms with Gasteiger partial charge in [0.1, 0.15) is 0 Å². The summed E-state index contributed by atoms with van der Waals surface area (Å²) < 4.78 is 1.55. The number of carbonyl (C=O) groups excluding carboxylic acids is 1. The molecule has 0 atom stereocenters. The third-order valence-corrected chi connectivity index (χ3v) is 2.53. The number of nitrogens with zero attached hydrogens (tertiary/aromatic N) is 4. The van der Waals surface area contributed by atoms with Gasteiger partial charge in [-0.2, -0.15) is 4.98 Å². The van der Waals surface area contributed by atoms with Crippen molar-refractivity contribution in [2.45, 2.75) is 33.2 Å². The third-order valence-electron chi connectivity index (χ3n) is 2.53. The van der Waals surface area contributed by atoms with Crippen molar-refractivity contribution in [1.82, 2.24) is 24.9 Å². The summed E-state index contributed by atoms with van der Waals surface area (Å²) >= 11 is 0. The number of aromatic nitrogens is 4. The van der Waals surface area contributed by atoms with E-state index in [9.17, 15) is 4.79 Å². The number of halogens is 2. The van der Waals surface area contributed by atoms with Gasteiger partial charge in [-0.3, -0.25) is 4.79 Å². The molecule has 0 bridgehead atoms. The van der Waals surface area contributed by atoms with Gasteiger partial charge in [-0.05, 0) is 33.8 Å². The second-order valence-corrected chi connectivity index (χ2v) is 5.36. The van der Waals surface area contributed by atoms with Gasteiger partial charge in [0, 0.05) is 23.5 Å². The van der Waals surface area contributed by atoms with Crippen molar-refractivity contribution in [3.63, 3.8) is 0 Å². The number of fused-ring (bicyclic) bond motifs is 1. The van der Waals surface area contributed by atoms with Crippen molar-refractivity contribution in [3.8, 4) is 0 Å². The summed E-state index contributed by atoms with van der Waals surface area (Å²) in [6.45, 7) is 7.78. The molecule has 2 rings (SSSR count). The molecule has 9 heteroatoms. The normalized spacial score (nSPS) is 10.7. The van der Waals surface area contributed by atoms with Crippen LogP contribution in [0.2, 0.25) is 0 Å². The van der Waals surface area contributed by atoms with E-state index >= 15 is 0 Å². The van der Waals surface area contributed by atoms with Crippen molar-refractivity contribution >= 4 is 36.5 Å². The highest BCUT2D eigenvalue weighted by molar-refractivity contribution is 5.90. The van der Waals surface area contributed by atoms with Gasteiger partial charge in [0.05, 0.1) is 0 Å². The number of aryl methyl sites for hydroxylation is 2. The molecule has 0 saturated carbocycles. The van der Waals surface area contributed by atoms with Crippen LogP contribution in [0.3, 0.4) is 0 Å². The van der Waals surface area contributed by atoms with Gasteiger partial charge >= 0.3 is 0 Å². The third kappa shape index (κ3) is 4.80. The van der Waals surface area contributed by atoms with E-state index in [4.69, 9.17) is 5.73 Å².